The number of nitro benzene ring substituents is 1. The van der Waals surface area contributed by atoms with Crippen molar-refractivity contribution in [2.75, 3.05) is 31.8 Å². The summed E-state index contributed by atoms with van der Waals surface area (Å²) in [4.78, 5) is 43.9. The number of anilines is 1. The molecule has 1 amide bonds. The number of ether oxygens (including phenoxy) is 2. The fraction of sp³-hybridized carbons (Fsp3) is 0.348. The molecule has 2 atom stereocenters. The highest BCUT2D eigenvalue weighted by Gasteiger charge is 2.47. The smallest absolute Gasteiger partial charge is 0.321 e. The summed E-state index contributed by atoms with van der Waals surface area (Å²) >= 11 is 0. The lowest BCUT2D eigenvalue weighted by atomic mass is 9.89. The second-order valence-corrected chi connectivity index (χ2v) is 7.63. The predicted octanol–water partition coefficient (Wildman–Crippen LogP) is 3.10. The van der Waals surface area contributed by atoms with E-state index in [0.717, 1.165) is 0 Å². The topological polar surface area (TPSA) is 117 Å². The van der Waals surface area contributed by atoms with Crippen molar-refractivity contribution in [1.29, 1.82) is 0 Å². The van der Waals surface area contributed by atoms with Gasteiger partial charge in [0.25, 0.3) is 5.69 Å². The molecule has 0 saturated heterocycles. The number of aromatic nitrogens is 2. The van der Waals surface area contributed by atoms with Crippen LogP contribution in [0.1, 0.15) is 24.9 Å². The van der Waals surface area contributed by atoms with Gasteiger partial charge >= 0.3 is 5.97 Å². The van der Waals surface area contributed by atoms with E-state index >= 15 is 0 Å². The molecule has 0 radical (unpaired) electrons. The van der Waals surface area contributed by atoms with Gasteiger partial charge in [-0.25, -0.2) is 4.98 Å². The fourth-order valence-corrected chi connectivity index (χ4v) is 4.25. The van der Waals surface area contributed by atoms with Crippen LogP contribution in [0.3, 0.4) is 0 Å². The third-order valence-corrected chi connectivity index (χ3v) is 5.64. The minimum atomic E-state index is -1.22. The first-order chi connectivity index (χ1) is 16.0. The lowest BCUT2D eigenvalue weighted by Crippen LogP contribution is -2.50. The van der Waals surface area contributed by atoms with E-state index in [0.29, 0.717) is 42.1 Å². The quantitative estimate of drug-likeness (QED) is 0.169. The monoisotopic (exact) mass is 452 g/mol. The molecule has 10 nitrogen and oxygen atoms in total. The highest BCUT2D eigenvalue weighted by Crippen LogP contribution is 2.41. The normalized spacial score (nSPS) is 17.8. The second-order valence-electron chi connectivity index (χ2n) is 7.63. The van der Waals surface area contributed by atoms with Crippen molar-refractivity contribution in [2.45, 2.75) is 19.4 Å². The van der Waals surface area contributed by atoms with E-state index in [9.17, 15) is 19.7 Å². The Labute approximate surface area is 189 Å². The SMILES string of the molecule is CCOC(=O)[C@@H]1C(=O)N(CCCOC)c2nc3ccccc3n2[C@@H]1c1cccc([N+](=O)[O-])c1. The van der Waals surface area contributed by atoms with Gasteiger partial charge in [0, 0.05) is 32.4 Å². The van der Waals surface area contributed by atoms with Crippen molar-refractivity contribution in [2.24, 2.45) is 5.92 Å². The molecular formula is C23H24N4O6. The van der Waals surface area contributed by atoms with Crippen molar-refractivity contribution < 1.29 is 24.0 Å². The zero-order chi connectivity index (χ0) is 23.5. The number of nitrogens with zero attached hydrogens (tertiary/aromatic N) is 4. The summed E-state index contributed by atoms with van der Waals surface area (Å²) in [5.74, 6) is -1.97. The molecule has 33 heavy (non-hydrogen) atoms. The molecule has 10 heteroatoms. The lowest BCUT2D eigenvalue weighted by Gasteiger charge is -2.37. The third-order valence-electron chi connectivity index (χ3n) is 5.64. The molecule has 0 bridgehead atoms. The van der Waals surface area contributed by atoms with E-state index < -0.39 is 28.8 Å². The summed E-state index contributed by atoms with van der Waals surface area (Å²) in [6, 6.07) is 12.5. The molecule has 0 spiro atoms. The molecule has 0 N–H and O–H groups in total. The van der Waals surface area contributed by atoms with Crippen LogP contribution in [0, 0.1) is 16.0 Å². The Morgan fingerprint density at radius 2 is 2.00 bits per heavy atom. The summed E-state index contributed by atoms with van der Waals surface area (Å²) in [6.45, 7) is 2.50. The Bertz CT molecular complexity index is 1210. The average molecular weight is 452 g/mol. The zero-order valence-corrected chi connectivity index (χ0v) is 18.3. The first kappa shape index (κ1) is 22.4. The standard InChI is InChI=1S/C23H24N4O6/c1-3-33-22(29)19-20(15-8-6-9-16(14-15)27(30)31)26-18-11-5-4-10-17(18)24-23(26)25(21(19)28)12-7-13-32-2/h4-6,8-11,14,19-20H,3,7,12-13H2,1-2H3/t19-,20+/m0/s1. The molecule has 0 saturated carbocycles. The average Bonchev–Trinajstić information content (AvgIpc) is 3.19. The molecule has 3 aromatic rings. The largest absolute Gasteiger partial charge is 0.465 e. The molecule has 172 valence electrons. The Kier molecular flexibility index (Phi) is 6.36. The van der Waals surface area contributed by atoms with Crippen molar-refractivity contribution in [3.8, 4) is 0 Å². The fourth-order valence-electron chi connectivity index (χ4n) is 4.25. The highest BCUT2D eigenvalue weighted by molar-refractivity contribution is 6.08. The number of esters is 1. The number of hydrogen-bond donors (Lipinski definition) is 0. The number of carbonyl (C=O) groups excluding carboxylic acids is 2. The number of hydrogen-bond acceptors (Lipinski definition) is 7. The van der Waals surface area contributed by atoms with Crippen LogP contribution in [0.4, 0.5) is 11.6 Å². The molecule has 4 rings (SSSR count). The lowest BCUT2D eigenvalue weighted by molar-refractivity contribution is -0.384. The second kappa shape index (κ2) is 9.37. The Morgan fingerprint density at radius 3 is 2.73 bits per heavy atom. The van der Waals surface area contributed by atoms with Crippen LogP contribution >= 0.6 is 0 Å². The zero-order valence-electron chi connectivity index (χ0n) is 18.3. The van der Waals surface area contributed by atoms with Gasteiger partial charge in [0.1, 0.15) is 0 Å². The maximum atomic E-state index is 13.7. The molecular weight excluding hydrogens is 428 g/mol. The molecule has 0 unspecified atom stereocenters. The number of carbonyl (C=O) groups is 2. The van der Waals surface area contributed by atoms with Gasteiger partial charge in [0.2, 0.25) is 11.9 Å². The molecule has 2 heterocycles. The number of nitro groups is 1. The van der Waals surface area contributed by atoms with E-state index in [1.54, 1.807) is 26.2 Å². The van der Waals surface area contributed by atoms with E-state index in [2.05, 4.69) is 4.98 Å². The van der Waals surface area contributed by atoms with Gasteiger partial charge in [-0.05, 0) is 31.0 Å². The summed E-state index contributed by atoms with van der Waals surface area (Å²) in [6.07, 6.45) is 0.544. The van der Waals surface area contributed by atoms with Crippen LogP contribution in [-0.4, -0.2) is 53.2 Å². The highest BCUT2D eigenvalue weighted by atomic mass is 16.6. The van der Waals surface area contributed by atoms with Gasteiger partial charge in [-0.2, -0.15) is 0 Å². The number of para-hydroxylation sites is 2. The number of fused-ring (bicyclic) bond motifs is 3. The third kappa shape index (κ3) is 4.05. The molecule has 1 aromatic heterocycles. The van der Waals surface area contributed by atoms with Crippen LogP contribution in [0.15, 0.2) is 48.5 Å². The predicted molar refractivity (Wildman–Crippen MR) is 120 cm³/mol. The number of benzene rings is 2. The van der Waals surface area contributed by atoms with Gasteiger partial charge < -0.3 is 14.0 Å². The van der Waals surface area contributed by atoms with Crippen LogP contribution in [-0.2, 0) is 19.1 Å². The van der Waals surface area contributed by atoms with Gasteiger partial charge in [-0.3, -0.25) is 24.6 Å². The Morgan fingerprint density at radius 1 is 1.21 bits per heavy atom. The van der Waals surface area contributed by atoms with E-state index in [1.807, 2.05) is 28.8 Å². The minimum absolute atomic E-state index is 0.103. The van der Waals surface area contributed by atoms with Crippen molar-refractivity contribution in [1.82, 2.24) is 9.55 Å². The van der Waals surface area contributed by atoms with Crippen molar-refractivity contribution in [3.63, 3.8) is 0 Å². The van der Waals surface area contributed by atoms with Crippen molar-refractivity contribution >= 4 is 34.5 Å². The van der Waals surface area contributed by atoms with Crippen LogP contribution < -0.4 is 4.90 Å². The van der Waals surface area contributed by atoms with E-state index in [-0.39, 0.29) is 12.3 Å². The summed E-state index contributed by atoms with van der Waals surface area (Å²) in [7, 11) is 1.58. The molecule has 2 aromatic carbocycles. The van der Waals surface area contributed by atoms with Crippen molar-refractivity contribution in [3.05, 3.63) is 64.2 Å². The summed E-state index contributed by atoms with van der Waals surface area (Å²) in [5.41, 5.74) is 1.69. The molecule has 1 aliphatic heterocycles. The van der Waals surface area contributed by atoms with Gasteiger partial charge in [-0.15, -0.1) is 0 Å². The van der Waals surface area contributed by atoms with Gasteiger partial charge in [0.15, 0.2) is 5.92 Å². The number of rotatable bonds is 8. The molecule has 0 fully saturated rings. The number of non-ortho nitro benzene ring substituents is 1. The summed E-state index contributed by atoms with van der Waals surface area (Å²) < 4.78 is 12.2. The number of methoxy groups -OCH3 is 1. The van der Waals surface area contributed by atoms with Crippen LogP contribution in [0.2, 0.25) is 0 Å². The molecule has 0 aliphatic carbocycles. The number of imidazole rings is 1. The number of amides is 1. The van der Waals surface area contributed by atoms with Crippen LogP contribution in [0.25, 0.3) is 11.0 Å². The molecule has 1 aliphatic rings. The van der Waals surface area contributed by atoms with Gasteiger partial charge in [-0.1, -0.05) is 24.3 Å². The first-order valence-corrected chi connectivity index (χ1v) is 10.7. The Hall–Kier alpha value is -3.79. The maximum absolute atomic E-state index is 13.7. The van der Waals surface area contributed by atoms with E-state index in [1.165, 1.54) is 17.0 Å². The van der Waals surface area contributed by atoms with E-state index in [4.69, 9.17) is 9.47 Å². The minimum Gasteiger partial charge on any atom is -0.465 e. The Balaban J connectivity index is 1.96. The van der Waals surface area contributed by atoms with Crippen LogP contribution in [0.5, 0.6) is 0 Å². The van der Waals surface area contributed by atoms with Gasteiger partial charge in [0.05, 0.1) is 28.6 Å². The summed E-state index contributed by atoms with van der Waals surface area (Å²) in [5, 5.41) is 11.4. The first-order valence-electron chi connectivity index (χ1n) is 10.7. The maximum Gasteiger partial charge on any atom is 0.321 e.